The number of ketones is 1. The van der Waals surface area contributed by atoms with Gasteiger partial charge in [0.15, 0.2) is 5.78 Å². The minimum absolute atomic E-state index is 0.00269. The molecule has 0 bridgehead atoms. The molecule has 4 heteroatoms. The second kappa shape index (κ2) is 6.40. The monoisotopic (exact) mass is 249 g/mol. The van der Waals surface area contributed by atoms with Gasteiger partial charge in [0.25, 0.3) is 0 Å². The van der Waals surface area contributed by atoms with E-state index < -0.39 is 0 Å². The van der Waals surface area contributed by atoms with Gasteiger partial charge in [0.1, 0.15) is 0 Å². The van der Waals surface area contributed by atoms with Gasteiger partial charge < -0.3 is 16.0 Å². The van der Waals surface area contributed by atoms with E-state index in [-0.39, 0.29) is 5.78 Å². The minimum Gasteiger partial charge on any atom is -0.398 e. The van der Waals surface area contributed by atoms with Gasteiger partial charge in [0.05, 0.1) is 0 Å². The largest absolute Gasteiger partial charge is 0.398 e. The Morgan fingerprint density at radius 3 is 2.67 bits per heavy atom. The van der Waals surface area contributed by atoms with Gasteiger partial charge in [-0.1, -0.05) is 0 Å². The van der Waals surface area contributed by atoms with Crippen molar-refractivity contribution in [1.29, 1.82) is 0 Å². The molecular formula is C14H23N3O. The fourth-order valence-corrected chi connectivity index (χ4v) is 1.76. The van der Waals surface area contributed by atoms with Gasteiger partial charge in [0, 0.05) is 23.0 Å². The first kappa shape index (κ1) is 14.5. The Bertz CT molecular complexity index is 416. The summed E-state index contributed by atoms with van der Waals surface area (Å²) in [5.74, 6) is -0.00269. The second-order valence-electron chi connectivity index (χ2n) is 5.00. The lowest BCUT2D eigenvalue weighted by Crippen LogP contribution is -2.23. The highest BCUT2D eigenvalue weighted by Crippen LogP contribution is 2.19. The number of benzene rings is 1. The van der Waals surface area contributed by atoms with Crippen LogP contribution in [0.1, 0.15) is 30.6 Å². The van der Waals surface area contributed by atoms with Crippen molar-refractivity contribution < 1.29 is 4.79 Å². The smallest absolute Gasteiger partial charge is 0.161 e. The lowest BCUT2D eigenvalue weighted by atomic mass is 10.1. The molecule has 1 rings (SSSR count). The quantitative estimate of drug-likeness (QED) is 0.599. The molecule has 0 aromatic heterocycles. The lowest BCUT2D eigenvalue weighted by Gasteiger charge is -2.18. The number of nitrogens with one attached hydrogen (secondary N) is 1. The number of Topliss-reactive ketones (excluding diaryl/α,β-unsaturated/α-hetero) is 1. The number of nitrogen functional groups attached to an aromatic ring is 1. The predicted molar refractivity (Wildman–Crippen MR) is 77.1 cm³/mol. The summed E-state index contributed by atoms with van der Waals surface area (Å²) in [6.45, 7) is 4.70. The van der Waals surface area contributed by atoms with Crippen molar-refractivity contribution in [3.63, 3.8) is 0 Å². The first-order valence-electron chi connectivity index (χ1n) is 6.22. The minimum atomic E-state index is -0.00269. The number of nitrogens with two attached hydrogens (primary N) is 1. The van der Waals surface area contributed by atoms with Crippen LogP contribution in [0.15, 0.2) is 18.2 Å². The van der Waals surface area contributed by atoms with Crippen LogP contribution in [-0.4, -0.2) is 37.4 Å². The Morgan fingerprint density at radius 2 is 2.11 bits per heavy atom. The highest BCUT2D eigenvalue weighted by Gasteiger charge is 2.08. The van der Waals surface area contributed by atoms with Crippen molar-refractivity contribution in [1.82, 2.24) is 4.90 Å². The van der Waals surface area contributed by atoms with E-state index in [2.05, 4.69) is 31.2 Å². The Kier molecular flexibility index (Phi) is 5.16. The fraction of sp³-hybridized carbons (Fsp3) is 0.500. The van der Waals surface area contributed by atoms with Gasteiger partial charge in [-0.2, -0.15) is 0 Å². The molecule has 0 aliphatic heterocycles. The summed E-state index contributed by atoms with van der Waals surface area (Å²) in [6.07, 6.45) is 1.05. The second-order valence-corrected chi connectivity index (χ2v) is 5.00. The van der Waals surface area contributed by atoms with Crippen molar-refractivity contribution in [3.8, 4) is 0 Å². The van der Waals surface area contributed by atoms with Gasteiger partial charge in [-0.25, -0.2) is 0 Å². The maximum Gasteiger partial charge on any atom is 0.161 e. The molecule has 0 saturated carbocycles. The maximum absolute atomic E-state index is 11.4. The van der Waals surface area contributed by atoms with Crippen LogP contribution < -0.4 is 11.1 Å². The summed E-state index contributed by atoms with van der Waals surface area (Å²) in [5, 5.41) is 3.39. The first-order valence-corrected chi connectivity index (χ1v) is 6.22. The number of carbonyl (C=O) groups is 1. The van der Waals surface area contributed by atoms with Crippen molar-refractivity contribution in [3.05, 3.63) is 23.8 Å². The van der Waals surface area contributed by atoms with E-state index in [9.17, 15) is 4.79 Å². The van der Waals surface area contributed by atoms with Crippen LogP contribution in [0.2, 0.25) is 0 Å². The number of hydrogen-bond acceptors (Lipinski definition) is 4. The predicted octanol–water partition coefficient (Wildman–Crippen LogP) is 2.22. The van der Waals surface area contributed by atoms with Crippen molar-refractivity contribution in [2.45, 2.75) is 26.3 Å². The van der Waals surface area contributed by atoms with Crippen LogP contribution in [0.4, 0.5) is 11.4 Å². The highest BCUT2D eigenvalue weighted by atomic mass is 16.1. The third kappa shape index (κ3) is 4.37. The summed E-state index contributed by atoms with van der Waals surface area (Å²) in [5.41, 5.74) is 7.83. The van der Waals surface area contributed by atoms with Gasteiger partial charge in [-0.15, -0.1) is 0 Å². The fourth-order valence-electron chi connectivity index (χ4n) is 1.76. The van der Waals surface area contributed by atoms with Gasteiger partial charge >= 0.3 is 0 Å². The molecule has 3 N–H and O–H groups in total. The molecule has 0 aliphatic rings. The molecule has 0 aliphatic carbocycles. The normalized spacial score (nSPS) is 12.5. The molecule has 1 atom stereocenters. The highest BCUT2D eigenvalue weighted by molar-refractivity contribution is 6.00. The zero-order valence-electron chi connectivity index (χ0n) is 11.7. The molecule has 0 saturated heterocycles. The van der Waals surface area contributed by atoms with E-state index in [1.54, 1.807) is 6.07 Å². The zero-order valence-corrected chi connectivity index (χ0v) is 11.7. The van der Waals surface area contributed by atoms with Crippen LogP contribution >= 0.6 is 0 Å². The molecule has 1 unspecified atom stereocenters. The van der Waals surface area contributed by atoms with Gasteiger partial charge in [-0.05, 0) is 59.1 Å². The van der Waals surface area contributed by atoms with Crippen molar-refractivity contribution >= 4 is 17.2 Å². The first-order chi connectivity index (χ1) is 8.40. The Morgan fingerprint density at radius 1 is 1.44 bits per heavy atom. The number of hydrogen-bond donors (Lipinski definition) is 2. The lowest BCUT2D eigenvalue weighted by molar-refractivity contribution is 0.101. The van der Waals surface area contributed by atoms with Crippen LogP contribution in [0.25, 0.3) is 0 Å². The summed E-state index contributed by atoms with van der Waals surface area (Å²) < 4.78 is 0. The number of anilines is 2. The standard InChI is InChI=1S/C14H23N3O/c1-10(7-8-17(3)4)16-12-5-6-14(15)13(9-12)11(2)18/h5-6,9-10,16H,7-8,15H2,1-4H3. The summed E-state index contributed by atoms with van der Waals surface area (Å²) in [4.78, 5) is 13.6. The van der Waals surface area contributed by atoms with Crippen LogP contribution in [0.3, 0.4) is 0 Å². The van der Waals surface area contributed by atoms with Crippen LogP contribution in [-0.2, 0) is 0 Å². The molecule has 0 spiro atoms. The molecule has 0 fully saturated rings. The Labute approximate surface area is 109 Å². The Balaban J connectivity index is 2.67. The zero-order chi connectivity index (χ0) is 13.7. The number of rotatable bonds is 6. The van der Waals surface area contributed by atoms with Gasteiger partial charge in [0.2, 0.25) is 0 Å². The van der Waals surface area contributed by atoms with E-state index in [0.29, 0.717) is 17.3 Å². The third-order valence-corrected chi connectivity index (χ3v) is 2.85. The molecular weight excluding hydrogens is 226 g/mol. The number of carbonyl (C=O) groups excluding carboxylic acids is 1. The van der Waals surface area contributed by atoms with E-state index >= 15 is 0 Å². The summed E-state index contributed by atoms with van der Waals surface area (Å²) in [7, 11) is 4.12. The topological polar surface area (TPSA) is 58.4 Å². The molecule has 0 amide bonds. The number of nitrogens with zero attached hydrogens (tertiary/aromatic N) is 1. The van der Waals surface area contributed by atoms with E-state index in [0.717, 1.165) is 18.7 Å². The third-order valence-electron chi connectivity index (χ3n) is 2.85. The SMILES string of the molecule is CC(=O)c1cc(NC(C)CCN(C)C)ccc1N. The van der Waals surface area contributed by atoms with Gasteiger partial charge in [-0.3, -0.25) is 4.79 Å². The molecule has 100 valence electrons. The van der Waals surface area contributed by atoms with E-state index in [1.807, 2.05) is 12.1 Å². The summed E-state index contributed by atoms with van der Waals surface area (Å²) >= 11 is 0. The average Bonchev–Trinajstić information content (AvgIpc) is 2.28. The van der Waals surface area contributed by atoms with Crippen LogP contribution in [0, 0.1) is 0 Å². The molecule has 1 aromatic carbocycles. The average molecular weight is 249 g/mol. The molecule has 1 aromatic rings. The van der Waals surface area contributed by atoms with Crippen molar-refractivity contribution in [2.75, 3.05) is 31.7 Å². The molecule has 0 radical (unpaired) electrons. The summed E-state index contributed by atoms with van der Waals surface area (Å²) in [6, 6.07) is 5.87. The van der Waals surface area contributed by atoms with Crippen LogP contribution in [0.5, 0.6) is 0 Å². The maximum atomic E-state index is 11.4. The molecule has 4 nitrogen and oxygen atoms in total. The van der Waals surface area contributed by atoms with E-state index in [4.69, 9.17) is 5.73 Å². The van der Waals surface area contributed by atoms with E-state index in [1.165, 1.54) is 6.92 Å². The van der Waals surface area contributed by atoms with Crippen molar-refractivity contribution in [2.24, 2.45) is 0 Å². The molecule has 18 heavy (non-hydrogen) atoms. The Hall–Kier alpha value is -1.55. The molecule has 0 heterocycles.